The van der Waals surface area contributed by atoms with Crippen molar-refractivity contribution < 1.29 is 14.0 Å². The molecule has 0 spiro atoms. The standard InChI is InChI=1S/C15H15ClFN3O2/c1-8-11(9(2)20-19-8)7-18-15(22)14(21)6-10-3-4-12(16)13(17)5-10/h3-5H,6-7H2,1-2H3,(H,18,22)(H,19,20). The first-order valence-electron chi connectivity index (χ1n) is 6.64. The van der Waals surface area contributed by atoms with Crippen LogP contribution in [0.2, 0.25) is 5.02 Å². The van der Waals surface area contributed by atoms with E-state index in [-0.39, 0.29) is 18.0 Å². The average Bonchev–Trinajstić information content (AvgIpc) is 2.79. The molecule has 0 aliphatic carbocycles. The Morgan fingerprint density at radius 2 is 2.09 bits per heavy atom. The van der Waals surface area contributed by atoms with E-state index in [4.69, 9.17) is 11.6 Å². The number of aromatic amines is 1. The number of carbonyl (C=O) groups is 2. The van der Waals surface area contributed by atoms with Crippen LogP contribution in [0.1, 0.15) is 22.5 Å². The first-order chi connectivity index (χ1) is 10.4. The molecule has 0 saturated heterocycles. The van der Waals surface area contributed by atoms with Crippen molar-refractivity contribution >= 4 is 23.3 Å². The monoisotopic (exact) mass is 323 g/mol. The number of Topliss-reactive ketones (excluding diaryl/α,β-unsaturated/α-hetero) is 1. The summed E-state index contributed by atoms with van der Waals surface area (Å²) in [5.41, 5.74) is 2.85. The topological polar surface area (TPSA) is 74.8 Å². The molecule has 116 valence electrons. The van der Waals surface area contributed by atoms with Gasteiger partial charge in [0.05, 0.1) is 10.7 Å². The predicted octanol–water partition coefficient (Wildman–Crippen LogP) is 2.25. The van der Waals surface area contributed by atoms with Crippen molar-refractivity contribution in [2.24, 2.45) is 0 Å². The van der Waals surface area contributed by atoms with Crippen LogP contribution in [0.15, 0.2) is 18.2 Å². The predicted molar refractivity (Wildman–Crippen MR) is 80.0 cm³/mol. The van der Waals surface area contributed by atoms with Crippen molar-refractivity contribution in [2.45, 2.75) is 26.8 Å². The molecule has 0 unspecified atom stereocenters. The largest absolute Gasteiger partial charge is 0.345 e. The van der Waals surface area contributed by atoms with Crippen LogP contribution in [-0.4, -0.2) is 21.9 Å². The maximum absolute atomic E-state index is 13.3. The van der Waals surface area contributed by atoms with Crippen LogP contribution in [0.3, 0.4) is 0 Å². The highest BCUT2D eigenvalue weighted by molar-refractivity contribution is 6.36. The lowest BCUT2D eigenvalue weighted by Gasteiger charge is -2.05. The second-order valence-electron chi connectivity index (χ2n) is 4.94. The summed E-state index contributed by atoms with van der Waals surface area (Å²) in [7, 11) is 0. The van der Waals surface area contributed by atoms with E-state index in [0.717, 1.165) is 23.0 Å². The number of benzene rings is 1. The van der Waals surface area contributed by atoms with Gasteiger partial charge >= 0.3 is 0 Å². The number of nitrogens with one attached hydrogen (secondary N) is 2. The van der Waals surface area contributed by atoms with Crippen molar-refractivity contribution in [1.29, 1.82) is 0 Å². The Hall–Kier alpha value is -2.21. The molecule has 0 fully saturated rings. The van der Waals surface area contributed by atoms with E-state index < -0.39 is 17.5 Å². The SMILES string of the molecule is Cc1n[nH]c(C)c1CNC(=O)C(=O)Cc1ccc(Cl)c(F)c1. The van der Waals surface area contributed by atoms with Crippen molar-refractivity contribution in [2.75, 3.05) is 0 Å². The molecular weight excluding hydrogens is 309 g/mol. The van der Waals surface area contributed by atoms with E-state index in [1.165, 1.54) is 12.1 Å². The number of aryl methyl sites for hydroxylation is 2. The first-order valence-corrected chi connectivity index (χ1v) is 7.01. The van der Waals surface area contributed by atoms with E-state index in [2.05, 4.69) is 15.5 Å². The number of amides is 1. The number of H-pyrrole nitrogens is 1. The zero-order valence-corrected chi connectivity index (χ0v) is 12.9. The molecule has 5 nitrogen and oxygen atoms in total. The number of aromatic nitrogens is 2. The van der Waals surface area contributed by atoms with Crippen molar-refractivity contribution in [3.8, 4) is 0 Å². The summed E-state index contributed by atoms with van der Waals surface area (Å²) >= 11 is 5.57. The molecule has 1 amide bonds. The Kier molecular flexibility index (Phi) is 4.92. The van der Waals surface area contributed by atoms with Crippen LogP contribution in [0.4, 0.5) is 4.39 Å². The fourth-order valence-electron chi connectivity index (χ4n) is 2.02. The second kappa shape index (κ2) is 6.70. The number of ketones is 1. The second-order valence-corrected chi connectivity index (χ2v) is 5.35. The molecule has 0 radical (unpaired) electrons. The maximum atomic E-state index is 13.3. The third kappa shape index (κ3) is 3.71. The summed E-state index contributed by atoms with van der Waals surface area (Å²) in [6.45, 7) is 3.86. The van der Waals surface area contributed by atoms with E-state index >= 15 is 0 Å². The highest BCUT2D eigenvalue weighted by Crippen LogP contribution is 2.16. The highest BCUT2D eigenvalue weighted by Gasteiger charge is 2.16. The average molecular weight is 324 g/mol. The summed E-state index contributed by atoms with van der Waals surface area (Å²) in [6.07, 6.45) is -0.177. The molecular formula is C15H15ClFN3O2. The number of rotatable bonds is 5. The Balaban J connectivity index is 1.95. The number of hydrogen-bond donors (Lipinski definition) is 2. The van der Waals surface area contributed by atoms with Crippen LogP contribution in [0.25, 0.3) is 0 Å². The smallest absolute Gasteiger partial charge is 0.287 e. The van der Waals surface area contributed by atoms with E-state index in [0.29, 0.717) is 5.56 Å². The Morgan fingerprint density at radius 1 is 1.36 bits per heavy atom. The molecule has 2 N–H and O–H groups in total. The molecule has 1 aromatic carbocycles. The van der Waals surface area contributed by atoms with Gasteiger partial charge in [0.2, 0.25) is 5.78 Å². The van der Waals surface area contributed by atoms with Crippen molar-refractivity contribution in [1.82, 2.24) is 15.5 Å². The van der Waals surface area contributed by atoms with Crippen LogP contribution >= 0.6 is 11.6 Å². The van der Waals surface area contributed by atoms with Gasteiger partial charge in [-0.1, -0.05) is 17.7 Å². The molecule has 22 heavy (non-hydrogen) atoms. The van der Waals surface area contributed by atoms with Gasteiger partial charge in [-0.2, -0.15) is 5.10 Å². The summed E-state index contributed by atoms with van der Waals surface area (Å²) in [5, 5.41) is 9.33. The minimum atomic E-state index is -0.713. The van der Waals surface area contributed by atoms with Crippen LogP contribution < -0.4 is 5.32 Å². The molecule has 0 aliphatic rings. The summed E-state index contributed by atoms with van der Waals surface area (Å²) in [6, 6.07) is 4.02. The van der Waals surface area contributed by atoms with Gasteiger partial charge in [0.25, 0.3) is 5.91 Å². The van der Waals surface area contributed by atoms with Gasteiger partial charge in [0, 0.05) is 24.2 Å². The van der Waals surface area contributed by atoms with Gasteiger partial charge in [-0.25, -0.2) is 4.39 Å². The molecule has 7 heteroatoms. The highest BCUT2D eigenvalue weighted by atomic mass is 35.5. The molecule has 0 atom stereocenters. The molecule has 1 heterocycles. The minimum Gasteiger partial charge on any atom is -0.345 e. The quantitative estimate of drug-likeness (QED) is 0.829. The normalized spacial score (nSPS) is 10.5. The summed E-state index contributed by atoms with van der Waals surface area (Å²) < 4.78 is 13.3. The third-order valence-corrected chi connectivity index (χ3v) is 3.61. The number of carbonyl (C=O) groups excluding carboxylic acids is 2. The van der Waals surface area contributed by atoms with Gasteiger partial charge < -0.3 is 5.32 Å². The maximum Gasteiger partial charge on any atom is 0.287 e. The number of halogens is 2. The minimum absolute atomic E-state index is 0.0217. The Morgan fingerprint density at radius 3 is 2.68 bits per heavy atom. The Bertz CT molecular complexity index is 708. The molecule has 2 aromatic rings. The Labute approximate surface area is 131 Å². The lowest BCUT2D eigenvalue weighted by Crippen LogP contribution is -2.32. The molecule has 2 rings (SSSR count). The molecule has 1 aromatic heterocycles. The van der Waals surface area contributed by atoms with Crippen LogP contribution in [0, 0.1) is 19.7 Å². The summed E-state index contributed by atoms with van der Waals surface area (Å²) in [5.74, 6) is -1.96. The molecule has 0 saturated carbocycles. The molecule has 0 bridgehead atoms. The van der Waals surface area contributed by atoms with Crippen molar-refractivity contribution in [3.63, 3.8) is 0 Å². The fraction of sp³-hybridized carbons (Fsp3) is 0.267. The third-order valence-electron chi connectivity index (χ3n) is 3.31. The fourth-order valence-corrected chi connectivity index (χ4v) is 2.13. The summed E-state index contributed by atoms with van der Waals surface area (Å²) in [4.78, 5) is 23.7. The lowest BCUT2D eigenvalue weighted by molar-refractivity contribution is -0.137. The zero-order valence-electron chi connectivity index (χ0n) is 12.2. The molecule has 0 aliphatic heterocycles. The van der Waals surface area contributed by atoms with Crippen LogP contribution in [0.5, 0.6) is 0 Å². The van der Waals surface area contributed by atoms with Gasteiger partial charge in [-0.05, 0) is 31.5 Å². The van der Waals surface area contributed by atoms with Gasteiger partial charge in [0.15, 0.2) is 0 Å². The first kappa shape index (κ1) is 16.2. The van der Waals surface area contributed by atoms with Gasteiger partial charge in [0.1, 0.15) is 5.82 Å². The van der Waals surface area contributed by atoms with E-state index in [1.54, 1.807) is 0 Å². The number of nitrogens with zero attached hydrogens (tertiary/aromatic N) is 1. The van der Waals surface area contributed by atoms with E-state index in [9.17, 15) is 14.0 Å². The van der Waals surface area contributed by atoms with Crippen molar-refractivity contribution in [3.05, 3.63) is 51.6 Å². The number of hydrogen-bond acceptors (Lipinski definition) is 3. The zero-order chi connectivity index (χ0) is 16.3. The lowest BCUT2D eigenvalue weighted by atomic mass is 10.1. The van der Waals surface area contributed by atoms with Gasteiger partial charge in [-0.15, -0.1) is 0 Å². The van der Waals surface area contributed by atoms with E-state index in [1.807, 2.05) is 13.8 Å². The van der Waals surface area contributed by atoms with Gasteiger partial charge in [-0.3, -0.25) is 14.7 Å². The van der Waals surface area contributed by atoms with Crippen LogP contribution in [-0.2, 0) is 22.6 Å².